The molecule has 1 fully saturated rings. The minimum atomic E-state index is -0.908. The molecular formula is C15H18N2O3. The number of amides is 1. The predicted octanol–water partition coefficient (Wildman–Crippen LogP) is 2.78. The Labute approximate surface area is 118 Å². The number of likely N-dealkylation sites (tertiary alicyclic amines) is 1. The number of hydrogen-bond donors (Lipinski definition) is 1. The lowest BCUT2D eigenvalue weighted by atomic mass is 9.93. The van der Waals surface area contributed by atoms with Crippen LogP contribution in [-0.4, -0.2) is 35.4 Å². The lowest BCUT2D eigenvalue weighted by Crippen LogP contribution is -2.42. The number of benzene rings is 1. The molecule has 0 spiro atoms. The summed E-state index contributed by atoms with van der Waals surface area (Å²) < 4.78 is 5.64. The summed E-state index contributed by atoms with van der Waals surface area (Å²) in [6.07, 6.45) is 0.574. The van der Waals surface area contributed by atoms with Crippen LogP contribution in [0.15, 0.2) is 24.3 Å². The van der Waals surface area contributed by atoms with Crippen LogP contribution in [0.2, 0.25) is 0 Å². The fourth-order valence-electron chi connectivity index (χ4n) is 2.64. The van der Waals surface area contributed by atoms with Crippen molar-refractivity contribution < 1.29 is 14.6 Å². The molecule has 1 heterocycles. The number of rotatable bonds is 3. The predicted molar refractivity (Wildman–Crippen MR) is 73.3 cm³/mol. The van der Waals surface area contributed by atoms with Gasteiger partial charge in [-0.25, -0.2) is 4.79 Å². The van der Waals surface area contributed by atoms with Crippen LogP contribution in [0.4, 0.5) is 4.79 Å². The van der Waals surface area contributed by atoms with Gasteiger partial charge >= 0.3 is 6.09 Å². The molecule has 1 aliphatic rings. The molecule has 2 atom stereocenters. The van der Waals surface area contributed by atoms with Gasteiger partial charge in [-0.1, -0.05) is 12.1 Å². The van der Waals surface area contributed by atoms with Crippen LogP contribution in [0.25, 0.3) is 0 Å². The van der Waals surface area contributed by atoms with Crippen LogP contribution in [0.3, 0.4) is 0 Å². The molecule has 1 aromatic carbocycles. The summed E-state index contributed by atoms with van der Waals surface area (Å²) in [5, 5.41) is 18.1. The number of nitrogens with zero attached hydrogens (tertiary/aromatic N) is 2. The van der Waals surface area contributed by atoms with Gasteiger partial charge < -0.3 is 14.7 Å². The van der Waals surface area contributed by atoms with Crippen molar-refractivity contribution in [1.29, 1.82) is 5.26 Å². The molecule has 1 N–H and O–H groups in total. The third-order valence-corrected chi connectivity index (χ3v) is 3.63. The highest BCUT2D eigenvalue weighted by molar-refractivity contribution is 5.66. The minimum Gasteiger partial charge on any atom is -0.465 e. The minimum absolute atomic E-state index is 0.0937. The summed E-state index contributed by atoms with van der Waals surface area (Å²) in [5.74, 6) is 0. The van der Waals surface area contributed by atoms with E-state index < -0.39 is 6.09 Å². The van der Waals surface area contributed by atoms with Crippen molar-refractivity contribution in [1.82, 2.24) is 4.90 Å². The highest BCUT2D eigenvalue weighted by Crippen LogP contribution is 2.32. The maximum absolute atomic E-state index is 11.4. The third-order valence-electron chi connectivity index (χ3n) is 3.63. The number of carbonyl (C=O) groups is 1. The molecule has 106 valence electrons. The van der Waals surface area contributed by atoms with Crippen LogP contribution < -0.4 is 0 Å². The normalized spacial score (nSPS) is 22.3. The Balaban J connectivity index is 2.21. The molecule has 5 nitrogen and oxygen atoms in total. The second kappa shape index (κ2) is 6.40. The van der Waals surface area contributed by atoms with Crippen molar-refractivity contribution in [2.45, 2.75) is 31.9 Å². The Bertz CT molecular complexity index is 507. The van der Waals surface area contributed by atoms with Crippen LogP contribution in [0, 0.1) is 11.3 Å². The van der Waals surface area contributed by atoms with Crippen molar-refractivity contribution in [2.24, 2.45) is 0 Å². The van der Waals surface area contributed by atoms with E-state index in [0.717, 1.165) is 12.0 Å². The monoisotopic (exact) mass is 274 g/mol. The van der Waals surface area contributed by atoms with E-state index in [1.54, 1.807) is 12.1 Å². The number of hydrogen-bond acceptors (Lipinski definition) is 3. The molecular weight excluding hydrogens is 256 g/mol. The van der Waals surface area contributed by atoms with E-state index in [1.165, 1.54) is 4.90 Å². The summed E-state index contributed by atoms with van der Waals surface area (Å²) in [6.45, 7) is 3.06. The molecule has 1 saturated heterocycles. The number of ether oxygens (including phenoxy) is 1. The molecule has 1 amide bonds. The van der Waals surface area contributed by atoms with E-state index >= 15 is 0 Å². The summed E-state index contributed by atoms with van der Waals surface area (Å²) in [6, 6.07) is 8.96. The van der Waals surface area contributed by atoms with E-state index in [4.69, 9.17) is 10.00 Å². The van der Waals surface area contributed by atoms with Crippen molar-refractivity contribution >= 4 is 6.09 Å². The number of piperidine rings is 1. The SMILES string of the molecule is CCOC1CCN(C(=O)O)C(c2ccc(C#N)cc2)C1. The van der Waals surface area contributed by atoms with Crippen LogP contribution in [-0.2, 0) is 4.74 Å². The van der Waals surface area contributed by atoms with Crippen LogP contribution >= 0.6 is 0 Å². The van der Waals surface area contributed by atoms with Crippen molar-refractivity contribution in [3.05, 3.63) is 35.4 Å². The fourth-order valence-corrected chi connectivity index (χ4v) is 2.64. The molecule has 0 bridgehead atoms. The molecule has 1 aromatic rings. The Morgan fingerprint density at radius 1 is 1.50 bits per heavy atom. The molecule has 0 saturated carbocycles. The second-order valence-electron chi connectivity index (χ2n) is 4.83. The second-order valence-corrected chi connectivity index (χ2v) is 4.83. The molecule has 2 rings (SSSR count). The Morgan fingerprint density at radius 3 is 2.75 bits per heavy atom. The average molecular weight is 274 g/mol. The molecule has 0 radical (unpaired) electrons. The van der Waals surface area contributed by atoms with Gasteiger partial charge in [0.2, 0.25) is 0 Å². The first-order valence-electron chi connectivity index (χ1n) is 6.77. The highest BCUT2D eigenvalue weighted by Gasteiger charge is 2.32. The van der Waals surface area contributed by atoms with E-state index in [-0.39, 0.29) is 12.1 Å². The van der Waals surface area contributed by atoms with E-state index in [2.05, 4.69) is 6.07 Å². The van der Waals surface area contributed by atoms with Crippen molar-refractivity contribution in [2.75, 3.05) is 13.2 Å². The molecule has 1 aliphatic heterocycles. The lowest BCUT2D eigenvalue weighted by Gasteiger charge is -2.37. The number of nitriles is 1. The van der Waals surface area contributed by atoms with Crippen molar-refractivity contribution in [3.8, 4) is 6.07 Å². The molecule has 5 heteroatoms. The van der Waals surface area contributed by atoms with E-state index in [1.807, 2.05) is 19.1 Å². The standard InChI is InChI=1S/C15H18N2O3/c1-2-20-13-7-8-17(15(18)19)14(9-13)12-5-3-11(10-16)4-6-12/h3-6,13-14H,2,7-9H2,1H3,(H,18,19). The van der Waals surface area contributed by atoms with Crippen LogP contribution in [0.1, 0.15) is 36.9 Å². The van der Waals surface area contributed by atoms with E-state index in [0.29, 0.717) is 25.1 Å². The molecule has 20 heavy (non-hydrogen) atoms. The first-order chi connectivity index (χ1) is 9.65. The summed E-state index contributed by atoms with van der Waals surface area (Å²) in [5.41, 5.74) is 1.49. The molecule has 0 aliphatic carbocycles. The van der Waals surface area contributed by atoms with Gasteiger partial charge in [0, 0.05) is 13.2 Å². The smallest absolute Gasteiger partial charge is 0.407 e. The number of carboxylic acid groups (broad SMARTS) is 1. The maximum Gasteiger partial charge on any atom is 0.407 e. The first-order valence-corrected chi connectivity index (χ1v) is 6.77. The Hall–Kier alpha value is -2.06. The topological polar surface area (TPSA) is 73.6 Å². The zero-order valence-electron chi connectivity index (χ0n) is 11.5. The summed E-state index contributed by atoms with van der Waals surface area (Å²) >= 11 is 0. The Kier molecular flexibility index (Phi) is 4.59. The van der Waals surface area contributed by atoms with Gasteiger partial charge in [-0.3, -0.25) is 0 Å². The van der Waals surface area contributed by atoms with Crippen LogP contribution in [0.5, 0.6) is 0 Å². The largest absolute Gasteiger partial charge is 0.465 e. The first kappa shape index (κ1) is 14.4. The van der Waals surface area contributed by atoms with Gasteiger partial charge in [0.25, 0.3) is 0 Å². The fraction of sp³-hybridized carbons (Fsp3) is 0.467. The molecule has 0 aromatic heterocycles. The van der Waals surface area contributed by atoms with Gasteiger partial charge in [-0.15, -0.1) is 0 Å². The zero-order valence-corrected chi connectivity index (χ0v) is 11.5. The van der Waals surface area contributed by atoms with Gasteiger partial charge in [0.15, 0.2) is 0 Å². The molecule has 2 unspecified atom stereocenters. The Morgan fingerprint density at radius 2 is 2.20 bits per heavy atom. The van der Waals surface area contributed by atoms with Gasteiger partial charge in [-0.05, 0) is 37.5 Å². The maximum atomic E-state index is 11.4. The average Bonchev–Trinajstić information content (AvgIpc) is 2.47. The van der Waals surface area contributed by atoms with Gasteiger partial charge in [-0.2, -0.15) is 5.26 Å². The quantitative estimate of drug-likeness (QED) is 0.919. The lowest BCUT2D eigenvalue weighted by molar-refractivity contribution is -0.00592. The summed E-state index contributed by atoms with van der Waals surface area (Å²) in [7, 11) is 0. The van der Waals surface area contributed by atoms with E-state index in [9.17, 15) is 9.90 Å². The van der Waals surface area contributed by atoms with Gasteiger partial charge in [0.05, 0.1) is 23.8 Å². The highest BCUT2D eigenvalue weighted by atomic mass is 16.5. The third kappa shape index (κ3) is 3.09. The van der Waals surface area contributed by atoms with Crippen molar-refractivity contribution in [3.63, 3.8) is 0 Å². The summed E-state index contributed by atoms with van der Waals surface area (Å²) in [4.78, 5) is 12.8. The zero-order chi connectivity index (χ0) is 14.5. The van der Waals surface area contributed by atoms with Gasteiger partial charge in [0.1, 0.15) is 0 Å².